The Morgan fingerprint density at radius 2 is 0.815 bits per heavy atom. The van der Waals surface area contributed by atoms with Crippen molar-refractivity contribution in [2.45, 2.75) is 0 Å². The Kier molecular flexibility index (Phi) is 8.43. The highest BCUT2D eigenvalue weighted by Crippen LogP contribution is 2.38. The molecular weight excluding hydrogens is 653 g/mol. The van der Waals surface area contributed by atoms with Gasteiger partial charge in [-0.05, 0) is 51.6 Å². The topological polar surface area (TPSA) is 51.8 Å². The van der Waals surface area contributed by atoms with Crippen molar-refractivity contribution in [3.8, 4) is 67.5 Å². The summed E-state index contributed by atoms with van der Waals surface area (Å²) in [5.41, 5.74) is 18.3. The van der Waals surface area contributed by atoms with Gasteiger partial charge in [-0.1, -0.05) is 138 Å². The van der Waals surface area contributed by atoms with Gasteiger partial charge in [-0.2, -0.15) is 0 Å². The fourth-order valence-corrected chi connectivity index (χ4v) is 7.70. The highest BCUT2D eigenvalue weighted by molar-refractivity contribution is 6.68. The van der Waals surface area contributed by atoms with Crippen LogP contribution in [0.4, 0.5) is 0 Å². The zero-order valence-corrected chi connectivity index (χ0v) is 31.1. The molecule has 250 valence electrons. The molecule has 0 aliphatic carbocycles. The Labute approximate surface area is 319 Å². The van der Waals surface area contributed by atoms with Crippen LogP contribution in [0.2, 0.25) is 0 Å². The van der Waals surface area contributed by atoms with Crippen LogP contribution in [0.3, 0.4) is 0 Å². The second-order valence-electron chi connectivity index (χ2n) is 14.2. The predicted octanol–water partition coefficient (Wildman–Crippen LogP) is 3.07. The van der Waals surface area contributed by atoms with Gasteiger partial charge in [0, 0.05) is 21.9 Å². The average molecular weight is 687 g/mol. The molecule has 7 aromatic carbocycles. The molecule has 0 N–H and O–H groups in total. The van der Waals surface area contributed by atoms with Crippen molar-refractivity contribution in [1.82, 2.24) is 15.0 Å². The lowest BCUT2D eigenvalue weighted by molar-refractivity contribution is 0.669. The third-order valence-corrected chi connectivity index (χ3v) is 11.2. The molecule has 9 aromatic rings. The third kappa shape index (κ3) is 5.86. The van der Waals surface area contributed by atoms with Crippen LogP contribution in [0, 0.1) is 0 Å². The van der Waals surface area contributed by atoms with E-state index in [-0.39, 0.29) is 0 Å². The van der Waals surface area contributed by atoms with Gasteiger partial charge in [-0.15, -0.1) is 16.4 Å². The van der Waals surface area contributed by atoms with Gasteiger partial charge in [-0.3, -0.25) is 0 Å². The molecule has 0 aliphatic rings. The summed E-state index contributed by atoms with van der Waals surface area (Å²) in [7, 11) is 11.2. The van der Waals surface area contributed by atoms with Crippen LogP contribution >= 0.6 is 0 Å². The van der Waals surface area contributed by atoms with Crippen molar-refractivity contribution in [3.63, 3.8) is 0 Å². The van der Waals surface area contributed by atoms with E-state index in [1.165, 1.54) is 44.0 Å². The summed E-state index contributed by atoms with van der Waals surface area (Å²) >= 11 is 0. The molecule has 54 heavy (non-hydrogen) atoms. The number of para-hydroxylation sites is 1. The summed E-state index contributed by atoms with van der Waals surface area (Å²) in [6.07, 6.45) is 0. The zero-order chi connectivity index (χ0) is 36.9. The molecule has 0 radical (unpaired) electrons. The number of hydrogen-bond acceptors (Lipinski definition) is 4. The van der Waals surface area contributed by atoms with Crippen LogP contribution < -0.4 is 27.3 Å². The van der Waals surface area contributed by atoms with E-state index in [2.05, 4.69) is 142 Å². The molecule has 9 heteroatoms. The molecule has 0 aliphatic heterocycles. The van der Waals surface area contributed by atoms with Crippen LogP contribution in [-0.4, -0.2) is 54.2 Å². The van der Waals surface area contributed by atoms with Gasteiger partial charge in [0.1, 0.15) is 50.4 Å². The molecule has 4 nitrogen and oxygen atoms in total. The highest BCUT2D eigenvalue weighted by atomic mass is 16.3. The Balaban J connectivity index is 1.12. The van der Waals surface area contributed by atoms with E-state index in [4.69, 9.17) is 19.4 Å². The molecule has 0 atom stereocenters. The summed E-state index contributed by atoms with van der Waals surface area (Å²) < 4.78 is 6.62. The average Bonchev–Trinajstić information content (AvgIpc) is 3.61. The quantitative estimate of drug-likeness (QED) is 0.253. The summed E-state index contributed by atoms with van der Waals surface area (Å²) in [5, 5.41) is 2.08. The number of aromatic nitrogens is 3. The summed E-state index contributed by atoms with van der Waals surface area (Å²) in [6, 6.07) is 50.5. The molecule has 0 saturated carbocycles. The van der Waals surface area contributed by atoms with E-state index in [1.807, 2.05) is 42.5 Å². The molecular formula is C45H34B5N3O. The van der Waals surface area contributed by atoms with Gasteiger partial charge >= 0.3 is 0 Å². The lowest BCUT2D eigenvalue weighted by Crippen LogP contribution is -2.55. The number of hydrogen-bond donors (Lipinski definition) is 0. The molecule has 0 fully saturated rings. The smallest absolute Gasteiger partial charge is 0.167 e. The number of rotatable bonds is 6. The summed E-state index contributed by atoms with van der Waals surface area (Å²) in [6.45, 7) is 0. The second kappa shape index (κ2) is 13.6. The van der Waals surface area contributed by atoms with Crippen molar-refractivity contribution in [1.29, 1.82) is 0 Å². The van der Waals surface area contributed by atoms with Crippen LogP contribution in [-0.2, 0) is 0 Å². The Bertz CT molecular complexity index is 2830. The lowest BCUT2D eigenvalue weighted by Gasteiger charge is -2.20. The standard InChI is InChI=1S/C45H34B5N3O/c46-37-36(38(47)40(49)41(50)39(37)48)28-18-14-27(15-19-28)31-22-23-35-34(24-31)32-12-7-13-33(42(32)54-35)45-52-43(29-10-5-2-6-11-29)51-44(53-45)30-20-16-26(17-21-30)25-8-3-1-4-9-25/h1-24H,46-50H2. The molecule has 0 amide bonds. The van der Waals surface area contributed by atoms with E-state index in [1.54, 1.807) is 0 Å². The van der Waals surface area contributed by atoms with Crippen LogP contribution in [0.25, 0.3) is 89.5 Å². The van der Waals surface area contributed by atoms with Crippen molar-refractivity contribution < 1.29 is 4.42 Å². The minimum Gasteiger partial charge on any atom is -0.455 e. The zero-order valence-electron chi connectivity index (χ0n) is 31.1. The predicted molar refractivity (Wildman–Crippen MR) is 241 cm³/mol. The van der Waals surface area contributed by atoms with E-state index in [0.29, 0.717) is 17.5 Å². The second-order valence-corrected chi connectivity index (χ2v) is 14.2. The fourth-order valence-electron chi connectivity index (χ4n) is 7.70. The van der Waals surface area contributed by atoms with Gasteiger partial charge in [-0.25, -0.2) is 15.0 Å². The lowest BCUT2D eigenvalue weighted by atomic mass is 9.59. The number of benzene rings is 7. The van der Waals surface area contributed by atoms with E-state index in [0.717, 1.165) is 55.3 Å². The minimum absolute atomic E-state index is 0.568. The fraction of sp³-hybridized carbons (Fsp3) is 0. The molecule has 0 bridgehead atoms. The highest BCUT2D eigenvalue weighted by Gasteiger charge is 2.19. The van der Waals surface area contributed by atoms with Gasteiger partial charge in [0.25, 0.3) is 0 Å². The molecule has 2 aromatic heterocycles. The van der Waals surface area contributed by atoms with Crippen LogP contribution in [0.1, 0.15) is 0 Å². The summed E-state index contributed by atoms with van der Waals surface area (Å²) in [4.78, 5) is 15.1. The van der Waals surface area contributed by atoms with E-state index < -0.39 is 0 Å². The van der Waals surface area contributed by atoms with Crippen molar-refractivity contribution in [2.75, 3.05) is 0 Å². The monoisotopic (exact) mass is 687 g/mol. The van der Waals surface area contributed by atoms with E-state index in [9.17, 15) is 0 Å². The first kappa shape index (κ1) is 33.5. The van der Waals surface area contributed by atoms with Crippen molar-refractivity contribution in [2.24, 2.45) is 0 Å². The molecule has 0 unspecified atom stereocenters. The van der Waals surface area contributed by atoms with Crippen molar-refractivity contribution >= 4 is 88.5 Å². The van der Waals surface area contributed by atoms with Gasteiger partial charge in [0.15, 0.2) is 17.5 Å². The first-order valence-corrected chi connectivity index (χ1v) is 18.4. The molecule has 2 heterocycles. The van der Waals surface area contributed by atoms with Crippen molar-refractivity contribution in [3.05, 3.63) is 146 Å². The Morgan fingerprint density at radius 3 is 1.44 bits per heavy atom. The summed E-state index contributed by atoms with van der Waals surface area (Å²) in [5.74, 6) is 1.79. The number of nitrogens with zero attached hydrogens (tertiary/aromatic N) is 3. The normalized spacial score (nSPS) is 11.3. The van der Waals surface area contributed by atoms with Crippen LogP contribution in [0.5, 0.6) is 0 Å². The maximum atomic E-state index is 6.62. The van der Waals surface area contributed by atoms with E-state index >= 15 is 0 Å². The maximum Gasteiger partial charge on any atom is 0.167 e. The Morgan fingerprint density at radius 1 is 0.352 bits per heavy atom. The Hall–Kier alpha value is -6.33. The first-order valence-electron chi connectivity index (χ1n) is 18.4. The molecule has 0 saturated heterocycles. The SMILES string of the molecule is Bc1c(B)c(B)c(-c2ccc(-c3ccc4oc5c(-c6nc(-c7ccccc7)nc(-c7ccc(-c8ccccc8)cc7)n6)cccc5c4c3)cc2)c(B)c1B. The van der Waals surface area contributed by atoms with Crippen LogP contribution in [0.15, 0.2) is 150 Å². The van der Waals surface area contributed by atoms with Gasteiger partial charge in [0.05, 0.1) is 5.56 Å². The maximum absolute atomic E-state index is 6.62. The molecule has 0 spiro atoms. The largest absolute Gasteiger partial charge is 0.455 e. The van der Waals surface area contributed by atoms with Gasteiger partial charge in [0.2, 0.25) is 0 Å². The minimum atomic E-state index is 0.568. The molecule has 9 rings (SSSR count). The third-order valence-electron chi connectivity index (χ3n) is 11.2. The number of furan rings is 1. The van der Waals surface area contributed by atoms with Gasteiger partial charge < -0.3 is 4.42 Å². The number of fused-ring (bicyclic) bond motifs is 3. The first-order chi connectivity index (χ1) is 26.3.